The van der Waals surface area contributed by atoms with Crippen LogP contribution in [0.5, 0.6) is 0 Å². The summed E-state index contributed by atoms with van der Waals surface area (Å²) in [7, 11) is 0. The fourth-order valence-electron chi connectivity index (χ4n) is 0.355. The standard InChI is InChI=1S/C5H3ClNO/c6-5-1-3-7(8)4-2-5/h1-3H. The molecule has 0 aliphatic rings. The van der Waals surface area contributed by atoms with E-state index in [9.17, 15) is 5.21 Å². The number of hydrogen-bond acceptors (Lipinski definition) is 1. The highest BCUT2D eigenvalue weighted by molar-refractivity contribution is 6.30. The number of halogens is 1. The lowest BCUT2D eigenvalue weighted by Gasteiger charge is -1.89. The molecule has 1 heterocycles. The van der Waals surface area contributed by atoms with Gasteiger partial charge in [0, 0.05) is 12.1 Å². The molecule has 0 aliphatic heterocycles. The second-order valence-corrected chi connectivity index (χ2v) is 1.74. The molecule has 1 radical (unpaired) electrons. The van der Waals surface area contributed by atoms with E-state index in [0.717, 1.165) is 0 Å². The summed E-state index contributed by atoms with van der Waals surface area (Å²) in [6, 6.07) is 2.92. The summed E-state index contributed by atoms with van der Waals surface area (Å²) in [6.45, 7) is 0. The van der Waals surface area contributed by atoms with Crippen LogP contribution in [0.25, 0.3) is 0 Å². The van der Waals surface area contributed by atoms with Gasteiger partial charge in [-0.2, -0.15) is 4.73 Å². The Morgan fingerprint density at radius 3 is 2.88 bits per heavy atom. The summed E-state index contributed by atoms with van der Waals surface area (Å²) >= 11 is 5.43. The van der Waals surface area contributed by atoms with Crippen molar-refractivity contribution in [2.24, 2.45) is 0 Å². The minimum Gasteiger partial charge on any atom is -0.618 e. The van der Waals surface area contributed by atoms with Gasteiger partial charge in [-0.3, -0.25) is 0 Å². The smallest absolute Gasteiger partial charge is 0.291 e. The lowest BCUT2D eigenvalue weighted by atomic mass is 10.5. The van der Waals surface area contributed by atoms with Crippen LogP contribution in [0.2, 0.25) is 5.02 Å². The van der Waals surface area contributed by atoms with Gasteiger partial charge in [-0.1, -0.05) is 11.6 Å². The Morgan fingerprint density at radius 2 is 2.50 bits per heavy atom. The van der Waals surface area contributed by atoms with Crippen LogP contribution in [-0.2, 0) is 0 Å². The molecule has 0 aromatic carbocycles. The van der Waals surface area contributed by atoms with Crippen LogP contribution in [-0.4, -0.2) is 0 Å². The summed E-state index contributed by atoms with van der Waals surface area (Å²) in [5.41, 5.74) is 0. The van der Waals surface area contributed by atoms with Gasteiger partial charge in [-0.25, -0.2) is 0 Å². The number of nitrogens with zero attached hydrogens (tertiary/aromatic N) is 1. The van der Waals surface area contributed by atoms with Crippen LogP contribution in [0, 0.1) is 11.4 Å². The lowest BCUT2D eigenvalue weighted by molar-refractivity contribution is -0.609. The molecule has 2 nitrogen and oxygen atoms in total. The summed E-state index contributed by atoms with van der Waals surface area (Å²) in [5.74, 6) is 0. The first-order valence-electron chi connectivity index (χ1n) is 2.05. The van der Waals surface area contributed by atoms with Crippen molar-refractivity contribution in [3.05, 3.63) is 34.8 Å². The Hall–Kier alpha value is -0.760. The third kappa shape index (κ3) is 1.10. The molecule has 0 bridgehead atoms. The van der Waals surface area contributed by atoms with Gasteiger partial charge in [0.2, 0.25) is 0 Å². The second-order valence-electron chi connectivity index (χ2n) is 1.30. The van der Waals surface area contributed by atoms with E-state index in [1.54, 1.807) is 0 Å². The Morgan fingerprint density at radius 1 is 1.75 bits per heavy atom. The van der Waals surface area contributed by atoms with E-state index in [0.29, 0.717) is 9.75 Å². The van der Waals surface area contributed by atoms with E-state index < -0.39 is 0 Å². The van der Waals surface area contributed by atoms with Gasteiger partial charge in [0.05, 0.1) is 5.02 Å². The van der Waals surface area contributed by atoms with Crippen LogP contribution in [0.4, 0.5) is 0 Å². The quantitative estimate of drug-likeness (QED) is 0.375. The van der Waals surface area contributed by atoms with Crippen LogP contribution in [0.3, 0.4) is 0 Å². The molecular weight excluding hydrogens is 126 g/mol. The van der Waals surface area contributed by atoms with Gasteiger partial charge in [0.15, 0.2) is 6.20 Å². The SMILES string of the molecule is [O-][n+]1[c]cc(Cl)cc1. The first kappa shape index (κ1) is 5.38. The maximum Gasteiger partial charge on any atom is 0.291 e. The number of hydrogen-bond donors (Lipinski definition) is 0. The van der Waals surface area contributed by atoms with Crippen molar-refractivity contribution in [1.82, 2.24) is 0 Å². The van der Waals surface area contributed by atoms with Crippen molar-refractivity contribution in [1.29, 1.82) is 0 Å². The number of pyridine rings is 1. The molecule has 0 aliphatic carbocycles. The second kappa shape index (κ2) is 2.01. The third-order valence-corrected chi connectivity index (χ3v) is 0.934. The van der Waals surface area contributed by atoms with Gasteiger partial charge in [0.25, 0.3) is 6.20 Å². The fraction of sp³-hybridized carbons (Fsp3) is 0. The number of rotatable bonds is 0. The maximum atomic E-state index is 10.2. The molecule has 0 atom stereocenters. The minimum absolute atomic E-state index is 0.525. The Bertz CT molecular complexity index is 151. The van der Waals surface area contributed by atoms with Crippen LogP contribution in [0.1, 0.15) is 0 Å². The fourth-order valence-corrected chi connectivity index (χ4v) is 0.460. The molecule has 3 heteroatoms. The summed E-state index contributed by atoms with van der Waals surface area (Å²) < 4.78 is 0.561. The molecule has 8 heavy (non-hydrogen) atoms. The maximum absolute atomic E-state index is 10.2. The van der Waals surface area contributed by atoms with Gasteiger partial charge >= 0.3 is 0 Å². The predicted molar refractivity (Wildman–Crippen MR) is 29.2 cm³/mol. The average molecular weight is 129 g/mol. The highest BCUT2D eigenvalue weighted by Gasteiger charge is 1.87. The van der Waals surface area contributed by atoms with E-state index in [1.807, 2.05) is 0 Å². The Balaban J connectivity index is 3.03. The Kier molecular flexibility index (Phi) is 1.35. The molecule has 0 amide bonds. The topological polar surface area (TPSA) is 26.9 Å². The van der Waals surface area contributed by atoms with Crippen LogP contribution in [0.15, 0.2) is 18.3 Å². The molecule has 1 aromatic heterocycles. The van der Waals surface area contributed by atoms with Crippen molar-refractivity contribution in [2.45, 2.75) is 0 Å². The van der Waals surface area contributed by atoms with Crippen LogP contribution < -0.4 is 4.73 Å². The highest BCUT2D eigenvalue weighted by atomic mass is 35.5. The molecule has 0 saturated heterocycles. The largest absolute Gasteiger partial charge is 0.618 e. The normalized spacial score (nSPS) is 9.12. The van der Waals surface area contributed by atoms with Gasteiger partial charge in [-0.15, -0.1) is 0 Å². The Labute approximate surface area is 51.9 Å². The molecule has 0 saturated carbocycles. The first-order chi connectivity index (χ1) is 3.79. The van der Waals surface area contributed by atoms with E-state index in [-0.39, 0.29) is 0 Å². The first-order valence-corrected chi connectivity index (χ1v) is 2.43. The lowest BCUT2D eigenvalue weighted by Crippen LogP contribution is -2.23. The summed E-state index contributed by atoms with van der Waals surface area (Å²) in [6.07, 6.45) is 3.62. The van der Waals surface area contributed by atoms with E-state index >= 15 is 0 Å². The molecule has 1 aromatic rings. The predicted octanol–water partition coefficient (Wildman–Crippen LogP) is 0.774. The molecule has 0 spiro atoms. The van der Waals surface area contributed by atoms with Crippen molar-refractivity contribution >= 4 is 11.6 Å². The van der Waals surface area contributed by atoms with Crippen molar-refractivity contribution in [3.8, 4) is 0 Å². The molecular formula is C5H3ClNO. The summed E-state index contributed by atoms with van der Waals surface area (Å²) in [4.78, 5) is 0. The third-order valence-electron chi connectivity index (χ3n) is 0.699. The molecule has 0 N–H and O–H groups in total. The van der Waals surface area contributed by atoms with E-state index in [1.165, 1.54) is 18.3 Å². The van der Waals surface area contributed by atoms with E-state index in [2.05, 4.69) is 6.20 Å². The van der Waals surface area contributed by atoms with Crippen LogP contribution >= 0.6 is 11.6 Å². The molecule has 1 rings (SSSR count). The van der Waals surface area contributed by atoms with E-state index in [4.69, 9.17) is 11.6 Å². The zero-order valence-electron chi connectivity index (χ0n) is 3.97. The zero-order chi connectivity index (χ0) is 5.98. The zero-order valence-corrected chi connectivity index (χ0v) is 4.72. The average Bonchev–Trinajstić information content (AvgIpc) is 1.77. The van der Waals surface area contributed by atoms with Crippen molar-refractivity contribution in [2.75, 3.05) is 0 Å². The van der Waals surface area contributed by atoms with Gasteiger partial charge in [0.1, 0.15) is 0 Å². The van der Waals surface area contributed by atoms with Crippen molar-refractivity contribution in [3.63, 3.8) is 0 Å². The van der Waals surface area contributed by atoms with Gasteiger partial charge in [-0.05, 0) is 0 Å². The highest BCUT2D eigenvalue weighted by Crippen LogP contribution is 2.00. The monoisotopic (exact) mass is 128 g/mol. The number of aromatic nitrogens is 1. The van der Waals surface area contributed by atoms with Gasteiger partial charge < -0.3 is 5.21 Å². The minimum atomic E-state index is 0.525. The van der Waals surface area contributed by atoms with Crippen molar-refractivity contribution < 1.29 is 4.73 Å². The molecule has 0 fully saturated rings. The summed E-state index contributed by atoms with van der Waals surface area (Å²) in [5, 5.41) is 10.7. The molecule has 41 valence electrons. The molecule has 0 unspecified atom stereocenters.